The molecule has 1 aliphatic rings. The van der Waals surface area contributed by atoms with Crippen LogP contribution in [0.25, 0.3) is 0 Å². The van der Waals surface area contributed by atoms with Gasteiger partial charge < -0.3 is 20.3 Å². The Morgan fingerprint density at radius 1 is 1.45 bits per heavy atom. The summed E-state index contributed by atoms with van der Waals surface area (Å²) in [5, 5.41) is 9.26. The highest BCUT2D eigenvalue weighted by atomic mass is 16.5. The van der Waals surface area contributed by atoms with E-state index in [1.807, 2.05) is 12.1 Å². The Kier molecular flexibility index (Phi) is 4.62. The van der Waals surface area contributed by atoms with Crippen LogP contribution in [0.15, 0.2) is 24.3 Å². The van der Waals surface area contributed by atoms with Crippen molar-refractivity contribution in [1.82, 2.24) is 0 Å². The molecule has 0 heterocycles. The van der Waals surface area contributed by atoms with Crippen LogP contribution in [0.4, 0.5) is 0 Å². The van der Waals surface area contributed by atoms with Gasteiger partial charge >= 0.3 is 5.97 Å². The van der Waals surface area contributed by atoms with E-state index in [0.29, 0.717) is 17.9 Å². The fraction of sp³-hybridized carbons (Fsp3) is 0.533. The monoisotopic (exact) mass is 279 g/mol. The Bertz CT molecular complexity index is 473. The van der Waals surface area contributed by atoms with Gasteiger partial charge in [0.25, 0.3) is 0 Å². The molecule has 0 bridgehead atoms. The van der Waals surface area contributed by atoms with E-state index in [2.05, 4.69) is 0 Å². The van der Waals surface area contributed by atoms with E-state index in [4.69, 9.17) is 15.2 Å². The molecule has 0 saturated heterocycles. The topological polar surface area (TPSA) is 81.8 Å². The van der Waals surface area contributed by atoms with E-state index >= 15 is 0 Å². The second kappa shape index (κ2) is 6.24. The zero-order valence-corrected chi connectivity index (χ0v) is 11.7. The van der Waals surface area contributed by atoms with E-state index in [1.165, 1.54) is 0 Å². The van der Waals surface area contributed by atoms with Gasteiger partial charge in [0.1, 0.15) is 12.4 Å². The van der Waals surface area contributed by atoms with Gasteiger partial charge in [-0.3, -0.25) is 0 Å². The summed E-state index contributed by atoms with van der Waals surface area (Å²) >= 11 is 0. The largest absolute Gasteiger partial charge is 0.491 e. The van der Waals surface area contributed by atoms with Crippen LogP contribution in [0.3, 0.4) is 0 Å². The van der Waals surface area contributed by atoms with Crippen LogP contribution in [-0.2, 0) is 16.1 Å². The molecule has 1 aromatic rings. The van der Waals surface area contributed by atoms with Gasteiger partial charge in [-0.2, -0.15) is 0 Å². The molecule has 0 radical (unpaired) electrons. The molecule has 1 unspecified atom stereocenters. The Hall–Kier alpha value is -1.59. The zero-order chi connectivity index (χ0) is 14.6. The number of esters is 1. The van der Waals surface area contributed by atoms with E-state index in [1.54, 1.807) is 19.1 Å². The molecule has 0 aliphatic heterocycles. The van der Waals surface area contributed by atoms with Crippen molar-refractivity contribution in [1.29, 1.82) is 0 Å². The van der Waals surface area contributed by atoms with Crippen molar-refractivity contribution in [2.24, 2.45) is 11.7 Å². The van der Waals surface area contributed by atoms with E-state index < -0.39 is 11.5 Å². The molecule has 1 aromatic carbocycles. The lowest BCUT2D eigenvalue weighted by atomic mass is 9.96. The fourth-order valence-corrected chi connectivity index (χ4v) is 2.18. The number of para-hydroxylation sites is 1. The first-order chi connectivity index (χ1) is 9.61. The van der Waals surface area contributed by atoms with Gasteiger partial charge in [-0.25, -0.2) is 4.79 Å². The SMILES string of the molecule is CCOC(=O)C(N)(COc1ccccc1CO)C1CC1. The van der Waals surface area contributed by atoms with Gasteiger partial charge in [-0.1, -0.05) is 18.2 Å². The maximum atomic E-state index is 12.0. The quantitative estimate of drug-likeness (QED) is 0.734. The van der Waals surface area contributed by atoms with Crippen molar-refractivity contribution in [3.8, 4) is 5.75 Å². The van der Waals surface area contributed by atoms with Crippen LogP contribution in [0.1, 0.15) is 25.3 Å². The molecule has 0 spiro atoms. The molecule has 1 saturated carbocycles. The number of ether oxygens (including phenoxy) is 2. The van der Waals surface area contributed by atoms with Crippen LogP contribution in [-0.4, -0.2) is 29.8 Å². The van der Waals surface area contributed by atoms with Crippen molar-refractivity contribution in [3.63, 3.8) is 0 Å². The summed E-state index contributed by atoms with van der Waals surface area (Å²) in [6, 6.07) is 7.16. The minimum absolute atomic E-state index is 0.0630. The molecule has 2 rings (SSSR count). The van der Waals surface area contributed by atoms with Crippen LogP contribution in [0.5, 0.6) is 5.75 Å². The van der Waals surface area contributed by atoms with Crippen molar-refractivity contribution in [2.75, 3.05) is 13.2 Å². The number of rotatable bonds is 7. The summed E-state index contributed by atoms with van der Waals surface area (Å²) in [7, 11) is 0. The summed E-state index contributed by atoms with van der Waals surface area (Å²) in [5.74, 6) is 0.251. The minimum Gasteiger partial charge on any atom is -0.491 e. The molecule has 0 aromatic heterocycles. The first-order valence-corrected chi connectivity index (χ1v) is 6.89. The highest BCUT2D eigenvalue weighted by Gasteiger charge is 2.50. The molecular formula is C15H21NO4. The number of aliphatic hydroxyl groups excluding tert-OH is 1. The first-order valence-electron chi connectivity index (χ1n) is 6.89. The lowest BCUT2D eigenvalue weighted by molar-refractivity contribution is -0.152. The normalized spacial score (nSPS) is 17.4. The molecule has 3 N–H and O–H groups in total. The standard InChI is InChI=1S/C15H21NO4/c1-2-19-14(18)15(16,12-7-8-12)10-20-13-6-4-3-5-11(13)9-17/h3-6,12,17H,2,7-10,16H2,1H3. The Balaban J connectivity index is 2.07. The maximum absolute atomic E-state index is 12.0. The summed E-state index contributed by atoms with van der Waals surface area (Å²) in [5.41, 5.74) is 5.79. The molecular weight excluding hydrogens is 258 g/mol. The van der Waals surface area contributed by atoms with Crippen molar-refractivity contribution < 1.29 is 19.4 Å². The van der Waals surface area contributed by atoms with Gasteiger partial charge in [-0.05, 0) is 31.7 Å². The highest BCUT2D eigenvalue weighted by Crippen LogP contribution is 2.39. The predicted molar refractivity (Wildman–Crippen MR) is 74.1 cm³/mol. The number of nitrogens with two attached hydrogens (primary N) is 1. The Labute approximate surface area is 118 Å². The highest BCUT2D eigenvalue weighted by molar-refractivity contribution is 5.81. The number of carbonyl (C=O) groups is 1. The summed E-state index contributed by atoms with van der Waals surface area (Å²) < 4.78 is 10.7. The molecule has 5 heteroatoms. The van der Waals surface area contributed by atoms with Crippen LogP contribution < -0.4 is 10.5 Å². The molecule has 20 heavy (non-hydrogen) atoms. The maximum Gasteiger partial charge on any atom is 0.329 e. The third kappa shape index (κ3) is 3.11. The zero-order valence-electron chi connectivity index (χ0n) is 11.7. The number of benzene rings is 1. The van der Waals surface area contributed by atoms with E-state index in [0.717, 1.165) is 12.8 Å². The molecule has 1 aliphatic carbocycles. The Morgan fingerprint density at radius 3 is 2.75 bits per heavy atom. The number of carbonyl (C=O) groups excluding carboxylic acids is 1. The second-order valence-corrected chi connectivity index (χ2v) is 5.09. The molecule has 5 nitrogen and oxygen atoms in total. The minimum atomic E-state index is -1.10. The predicted octanol–water partition coefficient (Wildman–Crippen LogP) is 1.23. The van der Waals surface area contributed by atoms with Gasteiger partial charge in [-0.15, -0.1) is 0 Å². The molecule has 1 atom stereocenters. The second-order valence-electron chi connectivity index (χ2n) is 5.09. The lowest BCUT2D eigenvalue weighted by Gasteiger charge is -2.27. The third-order valence-electron chi connectivity index (χ3n) is 3.57. The van der Waals surface area contributed by atoms with Crippen LogP contribution >= 0.6 is 0 Å². The molecule has 110 valence electrons. The molecule has 0 amide bonds. The third-order valence-corrected chi connectivity index (χ3v) is 3.57. The van der Waals surface area contributed by atoms with Gasteiger partial charge in [0.2, 0.25) is 0 Å². The van der Waals surface area contributed by atoms with Crippen LogP contribution in [0, 0.1) is 5.92 Å². The van der Waals surface area contributed by atoms with Gasteiger partial charge in [0.15, 0.2) is 5.54 Å². The first kappa shape index (κ1) is 14.8. The number of aliphatic hydroxyl groups is 1. The summed E-state index contributed by atoms with van der Waals surface area (Å²) in [6.07, 6.45) is 1.83. The molecule has 1 fully saturated rings. The Morgan fingerprint density at radius 2 is 2.15 bits per heavy atom. The van der Waals surface area contributed by atoms with Gasteiger partial charge in [0, 0.05) is 5.56 Å². The smallest absolute Gasteiger partial charge is 0.329 e. The van der Waals surface area contributed by atoms with E-state index in [-0.39, 0.29) is 19.1 Å². The average molecular weight is 279 g/mol. The number of hydrogen-bond donors (Lipinski definition) is 2. The van der Waals surface area contributed by atoms with E-state index in [9.17, 15) is 9.90 Å². The van der Waals surface area contributed by atoms with Crippen molar-refractivity contribution in [3.05, 3.63) is 29.8 Å². The summed E-state index contributed by atoms with van der Waals surface area (Å²) in [6.45, 7) is 2.01. The van der Waals surface area contributed by atoms with Gasteiger partial charge in [0.05, 0.1) is 13.2 Å². The van der Waals surface area contributed by atoms with Crippen LogP contribution in [0.2, 0.25) is 0 Å². The lowest BCUT2D eigenvalue weighted by Crippen LogP contribution is -2.55. The average Bonchev–Trinajstić information content (AvgIpc) is 3.30. The van der Waals surface area contributed by atoms with Crippen molar-refractivity contribution >= 4 is 5.97 Å². The fourth-order valence-electron chi connectivity index (χ4n) is 2.18. The number of hydrogen-bond acceptors (Lipinski definition) is 5. The van der Waals surface area contributed by atoms with Crippen molar-refractivity contribution in [2.45, 2.75) is 31.9 Å². The summed E-state index contributed by atoms with van der Waals surface area (Å²) in [4.78, 5) is 12.0.